The van der Waals surface area contributed by atoms with E-state index in [0.717, 1.165) is 21.9 Å². The predicted molar refractivity (Wildman–Crippen MR) is 81.9 cm³/mol. The molecule has 0 spiro atoms. The molecular weight excluding hydrogens is 270 g/mol. The summed E-state index contributed by atoms with van der Waals surface area (Å²) in [5.74, 6) is 0.810. The Morgan fingerprint density at radius 3 is 2.75 bits per heavy atom. The summed E-state index contributed by atoms with van der Waals surface area (Å²) in [6.07, 6.45) is 3.54. The molecule has 0 unspecified atom stereocenters. The smallest absolute Gasteiger partial charge is 0.161 e. The lowest BCUT2D eigenvalue weighted by molar-refractivity contribution is 0.875. The van der Waals surface area contributed by atoms with E-state index in [-0.39, 0.29) is 6.04 Å². The minimum Gasteiger partial charge on any atom is -0.363 e. The van der Waals surface area contributed by atoms with E-state index in [1.807, 2.05) is 24.5 Å². The maximum Gasteiger partial charge on any atom is 0.161 e. The maximum absolute atomic E-state index is 4.36. The zero-order chi connectivity index (χ0) is 13.9. The second-order valence-electron chi connectivity index (χ2n) is 4.46. The highest BCUT2D eigenvalue weighted by molar-refractivity contribution is 7.98. The Labute approximate surface area is 121 Å². The van der Waals surface area contributed by atoms with E-state index in [0.29, 0.717) is 0 Å². The van der Waals surface area contributed by atoms with E-state index in [4.69, 9.17) is 0 Å². The molecule has 2 aromatic heterocycles. The molecule has 0 fully saturated rings. The third kappa shape index (κ3) is 2.34. The molecule has 3 rings (SSSR count). The molecule has 0 aliphatic heterocycles. The number of thioether (sulfide) groups is 1. The number of nitrogens with zero attached hydrogens (tertiary/aromatic N) is 3. The van der Waals surface area contributed by atoms with Crippen LogP contribution in [0.25, 0.3) is 11.0 Å². The van der Waals surface area contributed by atoms with E-state index in [9.17, 15) is 0 Å². The van der Waals surface area contributed by atoms with Gasteiger partial charge in [0.05, 0.1) is 5.39 Å². The molecule has 1 atom stereocenters. The molecule has 20 heavy (non-hydrogen) atoms. The van der Waals surface area contributed by atoms with Gasteiger partial charge in [-0.2, -0.15) is 5.10 Å². The van der Waals surface area contributed by atoms with Gasteiger partial charge in [0.25, 0.3) is 0 Å². The van der Waals surface area contributed by atoms with Crippen LogP contribution in [-0.2, 0) is 0 Å². The molecule has 0 saturated heterocycles. The molecular formula is C14H15N5S. The average molecular weight is 285 g/mol. The molecule has 1 aromatic carbocycles. The Bertz CT molecular complexity index is 710. The lowest BCUT2D eigenvalue weighted by Gasteiger charge is -2.15. The van der Waals surface area contributed by atoms with Gasteiger partial charge in [0.1, 0.15) is 17.2 Å². The Balaban J connectivity index is 1.96. The zero-order valence-corrected chi connectivity index (χ0v) is 12.1. The predicted octanol–water partition coefficient (Wildman–Crippen LogP) is 3.25. The number of hydrogen-bond donors (Lipinski definition) is 2. The van der Waals surface area contributed by atoms with E-state index in [2.05, 4.69) is 44.5 Å². The Kier molecular flexibility index (Phi) is 3.56. The molecule has 2 heterocycles. The number of rotatable bonds is 4. The van der Waals surface area contributed by atoms with Gasteiger partial charge in [-0.3, -0.25) is 5.10 Å². The van der Waals surface area contributed by atoms with Crippen molar-refractivity contribution >= 4 is 28.6 Å². The number of aromatic nitrogens is 4. The van der Waals surface area contributed by atoms with Gasteiger partial charge < -0.3 is 5.32 Å². The molecule has 6 heteroatoms. The summed E-state index contributed by atoms with van der Waals surface area (Å²) in [4.78, 5) is 8.57. The SMILES string of the molecule is CSc1n[nH]c2ncnc(N[C@@H](C)c3ccccc3)c12. The van der Waals surface area contributed by atoms with Gasteiger partial charge in [-0.15, -0.1) is 11.8 Å². The molecule has 5 nitrogen and oxygen atoms in total. The van der Waals surface area contributed by atoms with Gasteiger partial charge in [0.2, 0.25) is 0 Å². The standard InChI is InChI=1S/C14H15N5S/c1-9(10-6-4-3-5-7-10)17-12-11-13(16-8-15-12)18-19-14(11)20-2/h3-9H,1-2H3,(H2,15,16,17,18,19)/t9-/m0/s1. The monoisotopic (exact) mass is 285 g/mol. The summed E-state index contributed by atoms with van der Waals surface area (Å²) in [5, 5.41) is 12.5. The number of benzene rings is 1. The summed E-state index contributed by atoms with van der Waals surface area (Å²) in [6.45, 7) is 2.11. The highest BCUT2D eigenvalue weighted by atomic mass is 32.2. The van der Waals surface area contributed by atoms with Crippen LogP contribution in [0, 0.1) is 0 Å². The first-order valence-corrected chi connectivity index (χ1v) is 7.56. The number of hydrogen-bond acceptors (Lipinski definition) is 5. The lowest BCUT2D eigenvalue weighted by Crippen LogP contribution is -2.08. The van der Waals surface area contributed by atoms with Crippen molar-refractivity contribution in [3.8, 4) is 0 Å². The van der Waals surface area contributed by atoms with Crippen LogP contribution >= 0.6 is 11.8 Å². The van der Waals surface area contributed by atoms with Crippen LogP contribution in [0.1, 0.15) is 18.5 Å². The van der Waals surface area contributed by atoms with Crippen molar-refractivity contribution in [2.75, 3.05) is 11.6 Å². The molecule has 2 N–H and O–H groups in total. The Morgan fingerprint density at radius 1 is 1.20 bits per heavy atom. The minimum atomic E-state index is 0.166. The molecule has 0 radical (unpaired) electrons. The number of anilines is 1. The third-order valence-electron chi connectivity index (χ3n) is 3.17. The number of fused-ring (bicyclic) bond motifs is 1. The van der Waals surface area contributed by atoms with Gasteiger partial charge in [0, 0.05) is 6.04 Å². The largest absolute Gasteiger partial charge is 0.363 e. The van der Waals surface area contributed by atoms with Gasteiger partial charge >= 0.3 is 0 Å². The van der Waals surface area contributed by atoms with Crippen LogP contribution in [0.5, 0.6) is 0 Å². The van der Waals surface area contributed by atoms with Crippen molar-refractivity contribution in [1.29, 1.82) is 0 Å². The van der Waals surface area contributed by atoms with Crippen molar-refractivity contribution in [3.63, 3.8) is 0 Å². The normalized spacial score (nSPS) is 12.5. The summed E-state index contributed by atoms with van der Waals surface area (Å²) < 4.78 is 0. The first-order valence-electron chi connectivity index (χ1n) is 6.34. The molecule has 102 valence electrons. The lowest BCUT2D eigenvalue weighted by atomic mass is 10.1. The number of aromatic amines is 1. The van der Waals surface area contributed by atoms with Crippen LogP contribution in [0.4, 0.5) is 5.82 Å². The summed E-state index contributed by atoms with van der Waals surface area (Å²) in [6, 6.07) is 10.4. The van der Waals surface area contributed by atoms with E-state index < -0.39 is 0 Å². The van der Waals surface area contributed by atoms with E-state index in [1.54, 1.807) is 18.1 Å². The molecule has 0 amide bonds. The van der Waals surface area contributed by atoms with Crippen molar-refractivity contribution in [3.05, 3.63) is 42.2 Å². The first-order chi connectivity index (χ1) is 9.79. The van der Waals surface area contributed by atoms with Crippen LogP contribution in [0.15, 0.2) is 41.7 Å². The Hall–Kier alpha value is -2.08. The van der Waals surface area contributed by atoms with Crippen molar-refractivity contribution in [2.24, 2.45) is 0 Å². The van der Waals surface area contributed by atoms with Crippen molar-refractivity contribution in [2.45, 2.75) is 18.0 Å². The molecule has 0 saturated carbocycles. The van der Waals surface area contributed by atoms with Gasteiger partial charge in [-0.1, -0.05) is 30.3 Å². The Morgan fingerprint density at radius 2 is 2.00 bits per heavy atom. The van der Waals surface area contributed by atoms with Crippen molar-refractivity contribution < 1.29 is 0 Å². The zero-order valence-electron chi connectivity index (χ0n) is 11.3. The quantitative estimate of drug-likeness (QED) is 0.720. The minimum absolute atomic E-state index is 0.166. The van der Waals surface area contributed by atoms with Crippen LogP contribution < -0.4 is 5.32 Å². The number of H-pyrrole nitrogens is 1. The summed E-state index contributed by atoms with van der Waals surface area (Å²) in [5.41, 5.74) is 1.97. The molecule has 3 aromatic rings. The van der Waals surface area contributed by atoms with Crippen LogP contribution in [0.3, 0.4) is 0 Å². The fraction of sp³-hybridized carbons (Fsp3) is 0.214. The van der Waals surface area contributed by atoms with Gasteiger partial charge in [0.15, 0.2) is 5.65 Å². The molecule has 0 aliphatic carbocycles. The maximum atomic E-state index is 4.36. The summed E-state index contributed by atoms with van der Waals surface area (Å²) >= 11 is 1.58. The average Bonchev–Trinajstić information content (AvgIpc) is 2.92. The van der Waals surface area contributed by atoms with E-state index >= 15 is 0 Å². The van der Waals surface area contributed by atoms with Gasteiger partial charge in [-0.05, 0) is 18.7 Å². The van der Waals surface area contributed by atoms with Crippen LogP contribution in [0.2, 0.25) is 0 Å². The highest BCUT2D eigenvalue weighted by Gasteiger charge is 2.14. The highest BCUT2D eigenvalue weighted by Crippen LogP contribution is 2.29. The molecule has 0 bridgehead atoms. The van der Waals surface area contributed by atoms with Crippen molar-refractivity contribution in [1.82, 2.24) is 20.2 Å². The summed E-state index contributed by atoms with van der Waals surface area (Å²) in [7, 11) is 0. The van der Waals surface area contributed by atoms with Gasteiger partial charge in [-0.25, -0.2) is 9.97 Å². The third-order valence-corrected chi connectivity index (χ3v) is 3.85. The van der Waals surface area contributed by atoms with E-state index in [1.165, 1.54) is 5.56 Å². The fourth-order valence-corrected chi connectivity index (χ4v) is 2.65. The van der Waals surface area contributed by atoms with Crippen LogP contribution in [-0.4, -0.2) is 26.4 Å². The number of nitrogens with one attached hydrogen (secondary N) is 2. The second-order valence-corrected chi connectivity index (χ2v) is 5.25. The fourth-order valence-electron chi connectivity index (χ4n) is 2.12. The first kappa shape index (κ1) is 12.9. The topological polar surface area (TPSA) is 66.5 Å². The molecule has 0 aliphatic rings. The second kappa shape index (κ2) is 5.50.